The van der Waals surface area contributed by atoms with Gasteiger partial charge < -0.3 is 14.2 Å². The Morgan fingerprint density at radius 1 is 1.33 bits per heavy atom. The van der Waals surface area contributed by atoms with E-state index in [2.05, 4.69) is 10.9 Å². The number of terminal acetylenes is 1. The van der Waals surface area contributed by atoms with E-state index in [9.17, 15) is 9.18 Å². The average molecular weight is 350 g/mol. The van der Waals surface area contributed by atoms with E-state index in [-0.39, 0.29) is 23.9 Å². The highest BCUT2D eigenvalue weighted by molar-refractivity contribution is 6.30. The van der Waals surface area contributed by atoms with Crippen LogP contribution in [0.1, 0.15) is 6.42 Å². The summed E-state index contributed by atoms with van der Waals surface area (Å²) in [6.45, 7) is -0.176. The molecule has 24 heavy (non-hydrogen) atoms. The Morgan fingerprint density at radius 2 is 2.08 bits per heavy atom. The van der Waals surface area contributed by atoms with Crippen molar-refractivity contribution < 1.29 is 23.4 Å². The number of carbonyl (C=O) groups excluding carboxylic acids is 1. The van der Waals surface area contributed by atoms with E-state index in [0.29, 0.717) is 5.75 Å². The first kappa shape index (κ1) is 17.6. The number of carbonyl (C=O) groups is 1. The molecular weight excluding hydrogens is 337 g/mol. The molecule has 2 aromatic rings. The molecule has 2 rings (SSSR count). The van der Waals surface area contributed by atoms with E-state index < -0.39 is 18.1 Å². The maximum absolute atomic E-state index is 13.8. The van der Waals surface area contributed by atoms with Crippen molar-refractivity contribution in [1.29, 1.82) is 0 Å². The third kappa shape index (κ3) is 5.45. The van der Waals surface area contributed by atoms with Crippen LogP contribution in [0.15, 0.2) is 42.6 Å². The standard InChI is InChI=1S/C17H13ClFNO4/c1-2-8-22-15(21)10-16(23-13-6-4-3-5-7-13)24-17-14(19)9-12(18)11-20-17/h1,3-7,9,11,16H,8,10H2. The second-order valence-electron chi connectivity index (χ2n) is 4.49. The van der Waals surface area contributed by atoms with Gasteiger partial charge in [-0.3, -0.25) is 4.79 Å². The smallest absolute Gasteiger partial charge is 0.314 e. The highest BCUT2D eigenvalue weighted by Crippen LogP contribution is 2.21. The Bertz CT molecular complexity index is 733. The SMILES string of the molecule is C#CCOC(=O)CC(Oc1ccccc1)Oc1ncc(Cl)cc1F. The van der Waals surface area contributed by atoms with Crippen molar-refractivity contribution >= 4 is 17.6 Å². The van der Waals surface area contributed by atoms with Crippen LogP contribution in [0, 0.1) is 18.2 Å². The predicted molar refractivity (Wildman–Crippen MR) is 85.1 cm³/mol. The first-order valence-corrected chi connectivity index (χ1v) is 7.25. The van der Waals surface area contributed by atoms with Crippen LogP contribution in [0.4, 0.5) is 4.39 Å². The van der Waals surface area contributed by atoms with Gasteiger partial charge >= 0.3 is 5.97 Å². The molecule has 0 spiro atoms. The molecule has 1 unspecified atom stereocenters. The summed E-state index contributed by atoms with van der Waals surface area (Å²) in [5.74, 6) is 0.838. The summed E-state index contributed by atoms with van der Waals surface area (Å²) >= 11 is 5.64. The van der Waals surface area contributed by atoms with Crippen molar-refractivity contribution in [3.8, 4) is 24.0 Å². The summed E-state index contributed by atoms with van der Waals surface area (Å²) < 4.78 is 29.5. The van der Waals surface area contributed by atoms with Gasteiger partial charge in [0.05, 0.1) is 5.02 Å². The first-order chi connectivity index (χ1) is 11.6. The van der Waals surface area contributed by atoms with E-state index in [1.807, 2.05) is 0 Å². The number of halogens is 2. The number of nitrogens with zero attached hydrogens (tertiary/aromatic N) is 1. The summed E-state index contributed by atoms with van der Waals surface area (Å²) in [4.78, 5) is 15.5. The van der Waals surface area contributed by atoms with Crippen molar-refractivity contribution in [3.63, 3.8) is 0 Å². The third-order valence-electron chi connectivity index (χ3n) is 2.68. The van der Waals surface area contributed by atoms with Gasteiger partial charge in [0.15, 0.2) is 12.4 Å². The molecule has 0 aliphatic heterocycles. The van der Waals surface area contributed by atoms with Crippen LogP contribution >= 0.6 is 11.6 Å². The minimum absolute atomic E-state index is 0.119. The van der Waals surface area contributed by atoms with Crippen molar-refractivity contribution in [3.05, 3.63) is 53.4 Å². The summed E-state index contributed by atoms with van der Waals surface area (Å²) in [5, 5.41) is 0.119. The fraction of sp³-hybridized carbons (Fsp3) is 0.176. The maximum Gasteiger partial charge on any atom is 0.314 e. The summed E-state index contributed by atoms with van der Waals surface area (Å²) in [7, 11) is 0. The molecule has 0 radical (unpaired) electrons. The van der Waals surface area contributed by atoms with Crippen LogP contribution in [0.25, 0.3) is 0 Å². The van der Waals surface area contributed by atoms with Crippen LogP contribution in [0.3, 0.4) is 0 Å². The zero-order valence-corrected chi connectivity index (χ0v) is 13.2. The predicted octanol–water partition coefficient (Wildman–Crippen LogP) is 3.22. The maximum atomic E-state index is 13.8. The molecule has 1 atom stereocenters. The number of hydrogen-bond acceptors (Lipinski definition) is 5. The van der Waals surface area contributed by atoms with Gasteiger partial charge in [-0.05, 0) is 18.2 Å². The average Bonchev–Trinajstić information content (AvgIpc) is 2.56. The molecule has 0 aliphatic rings. The van der Waals surface area contributed by atoms with Gasteiger partial charge in [-0.2, -0.15) is 0 Å². The zero-order valence-electron chi connectivity index (χ0n) is 12.4. The first-order valence-electron chi connectivity index (χ1n) is 6.87. The van der Waals surface area contributed by atoms with Gasteiger partial charge in [0.25, 0.3) is 12.2 Å². The Kier molecular flexibility index (Phi) is 6.41. The molecular formula is C17H13ClFNO4. The highest BCUT2D eigenvalue weighted by Gasteiger charge is 2.21. The van der Waals surface area contributed by atoms with Crippen molar-refractivity contribution in [1.82, 2.24) is 4.98 Å². The molecule has 0 aliphatic carbocycles. The Balaban J connectivity index is 2.12. The lowest BCUT2D eigenvalue weighted by molar-refractivity contribution is -0.148. The van der Waals surface area contributed by atoms with Crippen LogP contribution in [-0.4, -0.2) is 23.9 Å². The molecule has 1 aromatic heterocycles. The molecule has 124 valence electrons. The van der Waals surface area contributed by atoms with Gasteiger partial charge in [0, 0.05) is 6.20 Å². The second kappa shape index (κ2) is 8.75. The lowest BCUT2D eigenvalue weighted by atomic mass is 10.3. The number of pyridine rings is 1. The van der Waals surface area contributed by atoms with Crippen molar-refractivity contribution in [2.45, 2.75) is 12.7 Å². The summed E-state index contributed by atoms with van der Waals surface area (Å²) in [6.07, 6.45) is 4.79. The monoisotopic (exact) mass is 349 g/mol. The number of hydrogen-bond donors (Lipinski definition) is 0. The van der Waals surface area contributed by atoms with Crippen LogP contribution in [-0.2, 0) is 9.53 Å². The van der Waals surface area contributed by atoms with Crippen molar-refractivity contribution in [2.75, 3.05) is 6.61 Å². The molecule has 0 N–H and O–H groups in total. The number of para-hydroxylation sites is 1. The number of ether oxygens (including phenoxy) is 3. The van der Waals surface area contributed by atoms with Gasteiger partial charge in [0.1, 0.15) is 12.2 Å². The quantitative estimate of drug-likeness (QED) is 0.436. The number of benzene rings is 1. The molecule has 1 heterocycles. The van der Waals surface area contributed by atoms with Gasteiger partial charge in [0.2, 0.25) is 0 Å². The lowest BCUT2D eigenvalue weighted by Crippen LogP contribution is -2.29. The molecule has 0 fully saturated rings. The number of aromatic nitrogens is 1. The topological polar surface area (TPSA) is 57.7 Å². The van der Waals surface area contributed by atoms with Crippen LogP contribution in [0.2, 0.25) is 5.02 Å². The van der Waals surface area contributed by atoms with Gasteiger partial charge in [-0.1, -0.05) is 35.7 Å². The third-order valence-corrected chi connectivity index (χ3v) is 2.88. The Labute approximate surface area is 143 Å². The lowest BCUT2D eigenvalue weighted by Gasteiger charge is -2.19. The molecule has 5 nitrogen and oxygen atoms in total. The van der Waals surface area contributed by atoms with E-state index in [0.717, 1.165) is 6.07 Å². The molecule has 0 amide bonds. The van der Waals surface area contributed by atoms with E-state index >= 15 is 0 Å². The molecule has 0 bridgehead atoms. The normalized spacial score (nSPS) is 11.2. The molecule has 7 heteroatoms. The van der Waals surface area contributed by atoms with E-state index in [1.165, 1.54) is 6.20 Å². The Morgan fingerprint density at radius 3 is 2.75 bits per heavy atom. The minimum Gasteiger partial charge on any atom is -0.454 e. The van der Waals surface area contributed by atoms with Gasteiger partial charge in [-0.15, -0.1) is 6.42 Å². The summed E-state index contributed by atoms with van der Waals surface area (Å²) in [6, 6.07) is 9.64. The van der Waals surface area contributed by atoms with E-state index in [1.54, 1.807) is 30.3 Å². The minimum atomic E-state index is -1.15. The molecule has 1 aromatic carbocycles. The summed E-state index contributed by atoms with van der Waals surface area (Å²) in [5.41, 5.74) is 0. The molecule has 0 saturated carbocycles. The molecule has 0 saturated heterocycles. The highest BCUT2D eigenvalue weighted by atomic mass is 35.5. The largest absolute Gasteiger partial charge is 0.454 e. The number of rotatable bonds is 7. The van der Waals surface area contributed by atoms with E-state index in [4.69, 9.17) is 32.2 Å². The van der Waals surface area contributed by atoms with Gasteiger partial charge in [-0.25, -0.2) is 9.37 Å². The Hall–Kier alpha value is -2.78. The second-order valence-corrected chi connectivity index (χ2v) is 4.92. The van der Waals surface area contributed by atoms with Crippen LogP contribution < -0.4 is 9.47 Å². The zero-order chi connectivity index (χ0) is 17.4. The van der Waals surface area contributed by atoms with Crippen LogP contribution in [0.5, 0.6) is 11.6 Å². The fourth-order valence-corrected chi connectivity index (χ4v) is 1.83. The fourth-order valence-electron chi connectivity index (χ4n) is 1.69. The number of esters is 1. The van der Waals surface area contributed by atoms with Crippen molar-refractivity contribution in [2.24, 2.45) is 0 Å².